The Balaban J connectivity index is 2.07. The Labute approximate surface area is 127 Å². The zero-order valence-corrected chi connectivity index (χ0v) is 13.6. The SMILES string of the molecule is CC(C)(C)C1CCCN(C(=O)C2(C(N)=NO)CCC2)CC1. The Kier molecular flexibility index (Phi) is 4.49. The normalized spacial score (nSPS) is 26.9. The summed E-state index contributed by atoms with van der Waals surface area (Å²) in [5.41, 5.74) is 5.37. The van der Waals surface area contributed by atoms with Crippen molar-refractivity contribution in [2.24, 2.45) is 27.6 Å². The molecule has 0 aromatic rings. The molecule has 1 unspecified atom stereocenters. The van der Waals surface area contributed by atoms with E-state index >= 15 is 0 Å². The molecule has 1 aliphatic carbocycles. The first kappa shape index (κ1) is 16.1. The number of carbonyl (C=O) groups excluding carboxylic acids is 1. The van der Waals surface area contributed by atoms with Crippen molar-refractivity contribution in [3.63, 3.8) is 0 Å². The summed E-state index contributed by atoms with van der Waals surface area (Å²) in [6.45, 7) is 8.42. The van der Waals surface area contributed by atoms with Crippen LogP contribution >= 0.6 is 0 Å². The molecule has 5 nitrogen and oxygen atoms in total. The van der Waals surface area contributed by atoms with Crippen molar-refractivity contribution in [3.05, 3.63) is 0 Å². The third-order valence-electron chi connectivity index (χ3n) is 5.45. The maximum absolute atomic E-state index is 12.9. The van der Waals surface area contributed by atoms with Gasteiger partial charge < -0.3 is 15.8 Å². The Morgan fingerprint density at radius 3 is 2.38 bits per heavy atom. The van der Waals surface area contributed by atoms with Gasteiger partial charge in [-0.1, -0.05) is 32.3 Å². The number of amides is 1. The van der Waals surface area contributed by atoms with Crippen LogP contribution in [0.2, 0.25) is 0 Å². The predicted molar refractivity (Wildman–Crippen MR) is 83.1 cm³/mol. The molecule has 0 bridgehead atoms. The maximum Gasteiger partial charge on any atom is 0.236 e. The van der Waals surface area contributed by atoms with Crippen molar-refractivity contribution in [2.75, 3.05) is 13.1 Å². The van der Waals surface area contributed by atoms with Crippen LogP contribution in [-0.4, -0.2) is 34.9 Å². The van der Waals surface area contributed by atoms with Crippen molar-refractivity contribution in [2.45, 2.75) is 59.3 Å². The minimum Gasteiger partial charge on any atom is -0.409 e. The minimum absolute atomic E-state index is 0.0682. The molecule has 1 aliphatic heterocycles. The number of likely N-dealkylation sites (tertiary alicyclic amines) is 1. The summed E-state index contributed by atoms with van der Waals surface area (Å²) in [5, 5.41) is 12.1. The number of rotatable bonds is 2. The van der Waals surface area contributed by atoms with Gasteiger partial charge in [0.05, 0.1) is 0 Å². The van der Waals surface area contributed by atoms with Gasteiger partial charge in [-0.2, -0.15) is 0 Å². The fourth-order valence-electron chi connectivity index (χ4n) is 3.67. The first-order valence-electron chi connectivity index (χ1n) is 8.08. The Morgan fingerprint density at radius 1 is 1.24 bits per heavy atom. The largest absolute Gasteiger partial charge is 0.409 e. The van der Waals surface area contributed by atoms with Gasteiger partial charge in [0.25, 0.3) is 0 Å². The first-order valence-corrected chi connectivity index (χ1v) is 8.08. The second-order valence-electron chi connectivity index (χ2n) is 7.71. The van der Waals surface area contributed by atoms with E-state index in [9.17, 15) is 4.79 Å². The quantitative estimate of drug-likeness (QED) is 0.356. The molecule has 0 radical (unpaired) electrons. The zero-order valence-electron chi connectivity index (χ0n) is 13.6. The molecule has 0 aromatic heterocycles. The average Bonchev–Trinajstić information content (AvgIpc) is 2.62. The molecule has 2 aliphatic rings. The topological polar surface area (TPSA) is 78.9 Å². The van der Waals surface area contributed by atoms with E-state index < -0.39 is 5.41 Å². The third-order valence-corrected chi connectivity index (χ3v) is 5.45. The van der Waals surface area contributed by atoms with E-state index in [4.69, 9.17) is 10.9 Å². The second kappa shape index (κ2) is 5.85. The highest BCUT2D eigenvalue weighted by Gasteiger charge is 2.50. The van der Waals surface area contributed by atoms with E-state index in [1.54, 1.807) is 0 Å². The van der Waals surface area contributed by atoms with Crippen LogP contribution in [0.1, 0.15) is 59.3 Å². The number of oxime groups is 1. The highest BCUT2D eigenvalue weighted by molar-refractivity contribution is 6.07. The van der Waals surface area contributed by atoms with Gasteiger partial charge in [-0.3, -0.25) is 4.79 Å². The molecule has 1 heterocycles. The van der Waals surface area contributed by atoms with Crippen LogP contribution in [0, 0.1) is 16.7 Å². The van der Waals surface area contributed by atoms with Gasteiger partial charge in [-0.25, -0.2) is 0 Å². The van der Waals surface area contributed by atoms with E-state index in [0.717, 1.165) is 32.4 Å². The summed E-state index contributed by atoms with van der Waals surface area (Å²) in [7, 11) is 0. The molecule has 1 saturated carbocycles. The van der Waals surface area contributed by atoms with Gasteiger partial charge in [0.2, 0.25) is 5.91 Å². The third kappa shape index (κ3) is 3.01. The van der Waals surface area contributed by atoms with E-state index in [0.29, 0.717) is 24.2 Å². The minimum atomic E-state index is -0.726. The molecule has 21 heavy (non-hydrogen) atoms. The van der Waals surface area contributed by atoms with Gasteiger partial charge in [-0.05, 0) is 43.4 Å². The standard InChI is InChI=1S/C16H29N3O2/c1-15(2,3)12-6-4-10-19(11-7-12)14(20)16(8-5-9-16)13(17)18-21/h12,21H,4-11H2,1-3H3,(H2,17,18). The van der Waals surface area contributed by atoms with Crippen LogP contribution in [0.25, 0.3) is 0 Å². The van der Waals surface area contributed by atoms with Crippen LogP contribution < -0.4 is 5.73 Å². The van der Waals surface area contributed by atoms with Gasteiger partial charge >= 0.3 is 0 Å². The van der Waals surface area contributed by atoms with Crippen molar-refractivity contribution in [3.8, 4) is 0 Å². The smallest absolute Gasteiger partial charge is 0.236 e. The summed E-state index contributed by atoms with van der Waals surface area (Å²) in [6.07, 6.45) is 5.65. The Bertz CT molecular complexity index is 422. The Hall–Kier alpha value is -1.26. The number of hydrogen-bond acceptors (Lipinski definition) is 3. The Morgan fingerprint density at radius 2 is 1.90 bits per heavy atom. The van der Waals surface area contributed by atoms with E-state index in [1.165, 1.54) is 6.42 Å². The molecular weight excluding hydrogens is 266 g/mol. The highest BCUT2D eigenvalue weighted by atomic mass is 16.4. The second-order valence-corrected chi connectivity index (χ2v) is 7.71. The molecule has 1 saturated heterocycles. The van der Waals surface area contributed by atoms with Crippen molar-refractivity contribution in [1.82, 2.24) is 4.90 Å². The average molecular weight is 295 g/mol. The van der Waals surface area contributed by atoms with Gasteiger partial charge in [-0.15, -0.1) is 0 Å². The summed E-state index contributed by atoms with van der Waals surface area (Å²) < 4.78 is 0. The molecule has 3 N–H and O–H groups in total. The highest BCUT2D eigenvalue weighted by Crippen LogP contribution is 2.43. The molecule has 2 fully saturated rings. The fourth-order valence-corrected chi connectivity index (χ4v) is 3.67. The number of amidine groups is 1. The summed E-state index contributed by atoms with van der Waals surface area (Å²) in [4.78, 5) is 14.8. The zero-order chi connectivity index (χ0) is 15.7. The lowest BCUT2D eigenvalue weighted by Crippen LogP contribution is -2.55. The summed E-state index contributed by atoms with van der Waals surface area (Å²) in [6, 6.07) is 0. The lowest BCUT2D eigenvalue weighted by molar-refractivity contribution is -0.142. The molecule has 0 spiro atoms. The summed E-state index contributed by atoms with van der Waals surface area (Å²) >= 11 is 0. The van der Waals surface area contributed by atoms with Gasteiger partial charge in [0, 0.05) is 13.1 Å². The van der Waals surface area contributed by atoms with Crippen molar-refractivity contribution < 1.29 is 10.0 Å². The number of carbonyl (C=O) groups is 1. The number of nitrogens with two attached hydrogens (primary N) is 1. The van der Waals surface area contributed by atoms with Crippen LogP contribution in [0.5, 0.6) is 0 Å². The molecular formula is C16H29N3O2. The van der Waals surface area contributed by atoms with E-state index in [1.807, 2.05) is 4.90 Å². The fraction of sp³-hybridized carbons (Fsp3) is 0.875. The maximum atomic E-state index is 12.9. The molecule has 5 heteroatoms. The number of nitrogens with zero attached hydrogens (tertiary/aromatic N) is 2. The lowest BCUT2D eigenvalue weighted by atomic mass is 9.66. The van der Waals surface area contributed by atoms with E-state index in [2.05, 4.69) is 25.9 Å². The first-order chi connectivity index (χ1) is 9.81. The van der Waals surface area contributed by atoms with Crippen LogP contribution in [0.3, 0.4) is 0 Å². The lowest BCUT2D eigenvalue weighted by Gasteiger charge is -2.42. The van der Waals surface area contributed by atoms with Crippen molar-refractivity contribution >= 4 is 11.7 Å². The van der Waals surface area contributed by atoms with Gasteiger partial charge in [0.1, 0.15) is 5.41 Å². The molecule has 1 atom stereocenters. The molecule has 2 rings (SSSR count). The van der Waals surface area contributed by atoms with Crippen LogP contribution in [0.15, 0.2) is 5.16 Å². The van der Waals surface area contributed by atoms with Crippen LogP contribution in [-0.2, 0) is 4.79 Å². The molecule has 1 amide bonds. The number of hydrogen-bond donors (Lipinski definition) is 2. The van der Waals surface area contributed by atoms with Gasteiger partial charge in [0.15, 0.2) is 5.84 Å². The predicted octanol–water partition coefficient (Wildman–Crippen LogP) is 2.58. The molecule has 0 aromatic carbocycles. The summed E-state index contributed by atoms with van der Waals surface area (Å²) in [5.74, 6) is 0.811. The molecule has 120 valence electrons. The van der Waals surface area contributed by atoms with Crippen LogP contribution in [0.4, 0.5) is 0 Å². The van der Waals surface area contributed by atoms with E-state index in [-0.39, 0.29) is 11.7 Å². The van der Waals surface area contributed by atoms with Crippen molar-refractivity contribution in [1.29, 1.82) is 0 Å². The monoisotopic (exact) mass is 295 g/mol.